The number of carbonyl (C=O) groups excluding carboxylic acids is 1. The van der Waals surface area contributed by atoms with Gasteiger partial charge in [0.15, 0.2) is 5.01 Å². The summed E-state index contributed by atoms with van der Waals surface area (Å²) in [5.74, 6) is -0.1000. The molecule has 6 heteroatoms. The number of nitrogens with one attached hydrogen (secondary N) is 2. The fourth-order valence-corrected chi connectivity index (χ4v) is 4.28. The molecule has 0 saturated carbocycles. The van der Waals surface area contributed by atoms with E-state index in [1.165, 1.54) is 17.8 Å². The minimum absolute atomic E-state index is 0.1000. The number of aromatic nitrogens is 1. The van der Waals surface area contributed by atoms with Gasteiger partial charge in [-0.2, -0.15) is 5.26 Å². The van der Waals surface area contributed by atoms with E-state index < -0.39 is 0 Å². The van der Waals surface area contributed by atoms with Crippen LogP contribution in [0.1, 0.15) is 34.6 Å². The summed E-state index contributed by atoms with van der Waals surface area (Å²) in [5.41, 5.74) is 1.53. The highest BCUT2D eigenvalue weighted by Crippen LogP contribution is 2.30. The molecule has 3 atom stereocenters. The Hall–Kier alpha value is -2.23. The molecule has 2 aliphatic rings. The van der Waals surface area contributed by atoms with Gasteiger partial charge < -0.3 is 10.6 Å². The Morgan fingerprint density at radius 1 is 1.43 bits per heavy atom. The van der Waals surface area contributed by atoms with Gasteiger partial charge in [-0.25, -0.2) is 4.98 Å². The lowest BCUT2D eigenvalue weighted by Crippen LogP contribution is -2.42. The molecule has 3 heterocycles. The van der Waals surface area contributed by atoms with Crippen molar-refractivity contribution in [3.8, 4) is 16.5 Å². The monoisotopic (exact) mass is 324 g/mol. The quantitative estimate of drug-likeness (QED) is 0.908. The van der Waals surface area contributed by atoms with Crippen LogP contribution in [0.25, 0.3) is 10.4 Å². The number of hydrogen-bond acceptors (Lipinski definition) is 5. The molecule has 0 aliphatic carbocycles. The zero-order valence-electron chi connectivity index (χ0n) is 12.5. The predicted octanol–water partition coefficient (Wildman–Crippen LogP) is 2.30. The molecule has 23 heavy (non-hydrogen) atoms. The lowest BCUT2D eigenvalue weighted by atomic mass is 9.95. The van der Waals surface area contributed by atoms with Crippen LogP contribution < -0.4 is 10.6 Å². The topological polar surface area (TPSA) is 77.8 Å². The molecule has 2 bridgehead atoms. The number of carbonyl (C=O) groups is 1. The summed E-state index contributed by atoms with van der Waals surface area (Å²) in [4.78, 5) is 17.6. The summed E-state index contributed by atoms with van der Waals surface area (Å²) in [5, 5.41) is 16.1. The highest BCUT2D eigenvalue weighted by Gasteiger charge is 2.39. The van der Waals surface area contributed by atoms with Crippen molar-refractivity contribution in [3.05, 3.63) is 41.0 Å². The molecule has 1 aromatic heterocycles. The Morgan fingerprint density at radius 3 is 3.09 bits per heavy atom. The van der Waals surface area contributed by atoms with Crippen LogP contribution in [0.15, 0.2) is 30.5 Å². The number of benzene rings is 1. The maximum atomic E-state index is 12.4. The summed E-state index contributed by atoms with van der Waals surface area (Å²) in [6.07, 6.45) is 5.07. The first-order chi connectivity index (χ1) is 11.2. The van der Waals surface area contributed by atoms with Crippen LogP contribution in [0.5, 0.6) is 0 Å². The molecule has 1 aromatic carbocycles. The molecule has 2 aliphatic heterocycles. The predicted molar refractivity (Wildman–Crippen MR) is 88.1 cm³/mol. The Kier molecular flexibility index (Phi) is 3.60. The molecule has 0 spiro atoms. The lowest BCUT2D eigenvalue weighted by Gasteiger charge is -2.20. The van der Waals surface area contributed by atoms with Crippen LogP contribution in [0.4, 0.5) is 0 Å². The van der Waals surface area contributed by atoms with Gasteiger partial charge in [0.1, 0.15) is 0 Å². The molecule has 1 amide bonds. The third-order valence-electron chi connectivity index (χ3n) is 4.59. The molecule has 116 valence electrons. The van der Waals surface area contributed by atoms with Crippen LogP contribution in [0.3, 0.4) is 0 Å². The van der Waals surface area contributed by atoms with E-state index in [1.54, 1.807) is 12.3 Å². The van der Waals surface area contributed by atoms with Crippen molar-refractivity contribution in [3.63, 3.8) is 0 Å². The van der Waals surface area contributed by atoms with Gasteiger partial charge in [0.2, 0.25) is 0 Å². The summed E-state index contributed by atoms with van der Waals surface area (Å²) in [6, 6.07) is 10.7. The van der Waals surface area contributed by atoms with E-state index in [0.717, 1.165) is 23.3 Å². The molecular weight excluding hydrogens is 308 g/mol. The van der Waals surface area contributed by atoms with Gasteiger partial charge in [0, 0.05) is 24.3 Å². The van der Waals surface area contributed by atoms with Crippen LogP contribution in [0, 0.1) is 11.3 Å². The zero-order chi connectivity index (χ0) is 15.8. The van der Waals surface area contributed by atoms with Gasteiger partial charge in [0.25, 0.3) is 5.91 Å². The number of hydrogen-bond donors (Lipinski definition) is 2. The van der Waals surface area contributed by atoms with Gasteiger partial charge in [-0.05, 0) is 37.0 Å². The van der Waals surface area contributed by atoms with Crippen molar-refractivity contribution < 1.29 is 4.79 Å². The second-order valence-corrected chi connectivity index (χ2v) is 7.12. The van der Waals surface area contributed by atoms with Crippen molar-refractivity contribution in [1.82, 2.24) is 15.6 Å². The van der Waals surface area contributed by atoms with E-state index in [9.17, 15) is 4.79 Å². The number of nitrogens with zero attached hydrogens (tertiary/aromatic N) is 2. The Morgan fingerprint density at radius 2 is 2.35 bits per heavy atom. The van der Waals surface area contributed by atoms with Crippen molar-refractivity contribution >= 4 is 17.2 Å². The number of thiazole rings is 1. The van der Waals surface area contributed by atoms with Crippen molar-refractivity contribution in [2.45, 2.75) is 37.4 Å². The first-order valence-corrected chi connectivity index (χ1v) is 8.58. The first kappa shape index (κ1) is 14.4. The fourth-order valence-electron chi connectivity index (χ4n) is 3.47. The molecule has 2 saturated heterocycles. The van der Waals surface area contributed by atoms with Gasteiger partial charge in [-0.15, -0.1) is 11.3 Å². The van der Waals surface area contributed by atoms with E-state index in [4.69, 9.17) is 5.26 Å². The van der Waals surface area contributed by atoms with Crippen LogP contribution in [-0.4, -0.2) is 29.0 Å². The second kappa shape index (κ2) is 5.76. The first-order valence-electron chi connectivity index (χ1n) is 7.76. The zero-order valence-corrected chi connectivity index (χ0v) is 13.3. The Bertz CT molecular complexity index is 794. The van der Waals surface area contributed by atoms with Gasteiger partial charge in [-0.3, -0.25) is 4.79 Å². The normalized spacial score (nSPS) is 25.3. The van der Waals surface area contributed by atoms with Crippen molar-refractivity contribution in [1.29, 1.82) is 5.26 Å². The van der Waals surface area contributed by atoms with Crippen LogP contribution in [-0.2, 0) is 0 Å². The molecule has 4 rings (SSSR count). The molecule has 3 unspecified atom stereocenters. The minimum Gasteiger partial charge on any atom is -0.346 e. The molecule has 0 radical (unpaired) electrons. The van der Waals surface area contributed by atoms with E-state index in [-0.39, 0.29) is 11.9 Å². The maximum absolute atomic E-state index is 12.4. The highest BCUT2D eigenvalue weighted by atomic mass is 32.1. The number of fused-ring (bicyclic) bond motifs is 2. The van der Waals surface area contributed by atoms with Crippen LogP contribution in [0.2, 0.25) is 0 Å². The van der Waals surface area contributed by atoms with Gasteiger partial charge >= 0.3 is 0 Å². The largest absolute Gasteiger partial charge is 0.346 e. The highest BCUT2D eigenvalue weighted by molar-refractivity contribution is 7.16. The van der Waals surface area contributed by atoms with E-state index >= 15 is 0 Å². The third-order valence-corrected chi connectivity index (χ3v) is 5.64. The third kappa shape index (κ3) is 2.74. The molecule has 5 nitrogen and oxygen atoms in total. The van der Waals surface area contributed by atoms with Crippen molar-refractivity contribution in [2.75, 3.05) is 0 Å². The Balaban J connectivity index is 1.49. The fraction of sp³-hybridized carbons (Fsp3) is 0.353. The summed E-state index contributed by atoms with van der Waals surface area (Å²) in [7, 11) is 0. The Labute approximate surface area is 138 Å². The summed E-state index contributed by atoms with van der Waals surface area (Å²) >= 11 is 1.36. The average molecular weight is 324 g/mol. The lowest BCUT2D eigenvalue weighted by molar-refractivity contribution is 0.0930. The SMILES string of the molecule is N#Cc1cccc(-c2cnc(C(=O)NC3CC4CCC3N4)s2)c1. The maximum Gasteiger partial charge on any atom is 0.280 e. The second-order valence-electron chi connectivity index (χ2n) is 6.09. The molecule has 2 aromatic rings. The molecule has 2 N–H and O–H groups in total. The van der Waals surface area contributed by atoms with Crippen molar-refractivity contribution in [2.24, 2.45) is 0 Å². The molecule has 2 fully saturated rings. The van der Waals surface area contributed by atoms with E-state index in [1.807, 2.05) is 18.2 Å². The van der Waals surface area contributed by atoms with Crippen LogP contribution >= 0.6 is 11.3 Å². The molecular formula is C17H16N4OS. The number of nitriles is 1. The minimum atomic E-state index is -0.1000. The van der Waals surface area contributed by atoms with Gasteiger partial charge in [-0.1, -0.05) is 12.1 Å². The number of amides is 1. The van der Waals surface area contributed by atoms with E-state index in [0.29, 0.717) is 22.7 Å². The van der Waals surface area contributed by atoms with Gasteiger partial charge in [0.05, 0.1) is 16.5 Å². The van der Waals surface area contributed by atoms with E-state index in [2.05, 4.69) is 21.7 Å². The average Bonchev–Trinajstić information content (AvgIpc) is 3.31. The summed E-state index contributed by atoms with van der Waals surface area (Å²) < 4.78 is 0. The number of rotatable bonds is 3. The summed E-state index contributed by atoms with van der Waals surface area (Å²) in [6.45, 7) is 0. The standard InChI is InChI=1S/C17H16N4OS/c18-8-10-2-1-3-11(6-10)15-9-19-17(23-15)16(22)21-14-7-12-4-5-13(14)20-12/h1-3,6,9,12-14,20H,4-5,7H2,(H,21,22). The smallest absolute Gasteiger partial charge is 0.280 e.